The molecule has 1 atom stereocenters. The van der Waals surface area contributed by atoms with Crippen molar-refractivity contribution in [3.8, 4) is 5.82 Å². The van der Waals surface area contributed by atoms with Crippen LogP contribution in [0.4, 0.5) is 5.82 Å². The fraction of sp³-hybridized carbons (Fsp3) is 0.176. The summed E-state index contributed by atoms with van der Waals surface area (Å²) in [5.74, 6) is 0.389. The van der Waals surface area contributed by atoms with Crippen molar-refractivity contribution in [3.63, 3.8) is 0 Å². The van der Waals surface area contributed by atoms with Crippen molar-refractivity contribution in [2.75, 3.05) is 5.32 Å². The van der Waals surface area contributed by atoms with Gasteiger partial charge in [0.25, 0.3) is 5.56 Å². The molecule has 9 heteroatoms. The maximum absolute atomic E-state index is 12.4. The number of anilines is 1. The van der Waals surface area contributed by atoms with Crippen LogP contribution in [0.25, 0.3) is 5.82 Å². The Labute approximate surface area is 157 Å². The Balaban J connectivity index is 1.93. The van der Waals surface area contributed by atoms with Gasteiger partial charge in [-0.25, -0.2) is 5.10 Å². The third kappa shape index (κ3) is 2.69. The number of rotatable bonds is 2. The molecule has 1 unspecified atom stereocenters. The van der Waals surface area contributed by atoms with Gasteiger partial charge in [-0.05, 0) is 30.7 Å². The van der Waals surface area contributed by atoms with Crippen LogP contribution in [-0.2, 0) is 4.79 Å². The molecule has 0 saturated heterocycles. The van der Waals surface area contributed by atoms with Gasteiger partial charge in [-0.1, -0.05) is 29.3 Å². The number of H-pyrrole nitrogens is 1. The summed E-state index contributed by atoms with van der Waals surface area (Å²) in [5, 5.41) is 14.7. The fourth-order valence-electron chi connectivity index (χ4n) is 3.26. The molecule has 1 aliphatic heterocycles. The Bertz CT molecular complexity index is 1050. The monoisotopic (exact) mass is 389 g/mol. The van der Waals surface area contributed by atoms with Crippen LogP contribution in [0.3, 0.4) is 0 Å². The molecule has 1 amide bonds. The van der Waals surface area contributed by atoms with E-state index in [9.17, 15) is 9.59 Å². The van der Waals surface area contributed by atoms with E-state index in [1.807, 2.05) is 6.92 Å². The lowest BCUT2D eigenvalue weighted by atomic mass is 9.85. The van der Waals surface area contributed by atoms with Crippen LogP contribution in [0.2, 0.25) is 10.0 Å². The quantitative estimate of drug-likeness (QED) is 0.704. The average Bonchev–Trinajstić information content (AvgIpc) is 2.92. The molecule has 3 aromatic rings. The van der Waals surface area contributed by atoms with Crippen LogP contribution >= 0.6 is 23.2 Å². The first-order chi connectivity index (χ1) is 12.5. The van der Waals surface area contributed by atoms with Gasteiger partial charge in [0, 0.05) is 34.0 Å². The number of carbonyl (C=O) groups excluding carboxylic acids is 1. The first kappa shape index (κ1) is 16.8. The van der Waals surface area contributed by atoms with Gasteiger partial charge in [-0.15, -0.1) is 0 Å². The normalized spacial score (nSPS) is 16.3. The number of halogens is 2. The third-order valence-corrected chi connectivity index (χ3v) is 4.99. The molecule has 2 N–H and O–H groups in total. The van der Waals surface area contributed by atoms with Crippen LogP contribution in [0.5, 0.6) is 0 Å². The molecule has 0 fully saturated rings. The second kappa shape index (κ2) is 6.26. The predicted molar refractivity (Wildman–Crippen MR) is 98.3 cm³/mol. The van der Waals surface area contributed by atoms with E-state index in [2.05, 4.69) is 20.6 Å². The van der Waals surface area contributed by atoms with Gasteiger partial charge in [0.1, 0.15) is 5.82 Å². The summed E-state index contributed by atoms with van der Waals surface area (Å²) >= 11 is 12.8. The van der Waals surface area contributed by atoms with Crippen LogP contribution < -0.4 is 10.9 Å². The lowest BCUT2D eigenvalue weighted by molar-refractivity contribution is -0.116. The summed E-state index contributed by atoms with van der Waals surface area (Å²) in [4.78, 5) is 23.6. The van der Waals surface area contributed by atoms with Gasteiger partial charge >= 0.3 is 0 Å². The largest absolute Gasteiger partial charge is 0.310 e. The molecule has 1 aliphatic rings. The first-order valence-electron chi connectivity index (χ1n) is 7.85. The smallest absolute Gasteiger partial charge is 0.264 e. The zero-order valence-corrected chi connectivity index (χ0v) is 15.1. The van der Waals surface area contributed by atoms with E-state index in [1.54, 1.807) is 18.2 Å². The van der Waals surface area contributed by atoms with Gasteiger partial charge in [0.05, 0.1) is 5.69 Å². The second-order valence-corrected chi connectivity index (χ2v) is 6.79. The standard InChI is InChI=1S/C17H13Cl2N5O2/c1-8-15-9(16-10(18)3-2-4-11(16)19)7-14(26)20-17(15)24(23-8)12-5-6-13(25)22-21-12/h2-6,9H,7H2,1H3,(H,20,26)(H,22,25). The Hall–Kier alpha value is -2.64. The van der Waals surface area contributed by atoms with Gasteiger partial charge in [0.2, 0.25) is 5.91 Å². The van der Waals surface area contributed by atoms with E-state index in [0.717, 1.165) is 5.56 Å². The zero-order valence-electron chi connectivity index (χ0n) is 13.6. The van der Waals surface area contributed by atoms with E-state index >= 15 is 0 Å². The highest BCUT2D eigenvalue weighted by molar-refractivity contribution is 6.36. The van der Waals surface area contributed by atoms with Crippen molar-refractivity contribution < 1.29 is 4.79 Å². The van der Waals surface area contributed by atoms with E-state index in [4.69, 9.17) is 23.2 Å². The highest BCUT2D eigenvalue weighted by Gasteiger charge is 2.34. The molecule has 26 heavy (non-hydrogen) atoms. The SMILES string of the molecule is Cc1nn(-c2ccc(=O)[nH]n2)c2c1C(c1c(Cl)cccc1Cl)CC(=O)N2. The second-order valence-electron chi connectivity index (χ2n) is 5.98. The molecule has 0 saturated carbocycles. The van der Waals surface area contributed by atoms with Crippen molar-refractivity contribution in [3.05, 3.63) is 67.6 Å². The maximum atomic E-state index is 12.4. The lowest BCUT2D eigenvalue weighted by Gasteiger charge is -2.25. The van der Waals surface area contributed by atoms with Crippen LogP contribution in [0.15, 0.2) is 35.1 Å². The minimum Gasteiger partial charge on any atom is -0.310 e. The minimum atomic E-state index is -0.323. The number of amides is 1. The number of hydrogen-bond donors (Lipinski definition) is 2. The first-order valence-corrected chi connectivity index (χ1v) is 8.60. The van der Waals surface area contributed by atoms with Gasteiger partial charge in [-0.3, -0.25) is 9.59 Å². The molecular weight excluding hydrogens is 377 g/mol. The van der Waals surface area contributed by atoms with E-state index in [1.165, 1.54) is 16.8 Å². The van der Waals surface area contributed by atoms with E-state index in [-0.39, 0.29) is 23.8 Å². The number of aromatic nitrogens is 4. The van der Waals surface area contributed by atoms with Gasteiger partial charge in [-0.2, -0.15) is 14.9 Å². The number of nitrogens with one attached hydrogen (secondary N) is 2. The summed E-state index contributed by atoms with van der Waals surface area (Å²) in [6, 6.07) is 8.14. The molecule has 7 nitrogen and oxygen atoms in total. The summed E-state index contributed by atoms with van der Waals surface area (Å²) < 4.78 is 1.50. The Morgan fingerprint density at radius 2 is 1.85 bits per heavy atom. The van der Waals surface area contributed by atoms with Gasteiger partial charge < -0.3 is 5.32 Å². The van der Waals surface area contributed by atoms with E-state index < -0.39 is 0 Å². The van der Waals surface area contributed by atoms with Crippen molar-refractivity contribution in [2.45, 2.75) is 19.3 Å². The maximum Gasteiger partial charge on any atom is 0.264 e. The van der Waals surface area contributed by atoms with Crippen molar-refractivity contribution >= 4 is 34.9 Å². The number of hydrogen-bond acceptors (Lipinski definition) is 4. The summed E-state index contributed by atoms with van der Waals surface area (Å²) in [5.41, 5.74) is 1.92. The predicted octanol–water partition coefficient (Wildman–Crippen LogP) is 3.04. The number of aryl methyl sites for hydroxylation is 1. The summed E-state index contributed by atoms with van der Waals surface area (Å²) in [6.07, 6.45) is 0.210. The van der Waals surface area contributed by atoms with Crippen molar-refractivity contribution in [1.29, 1.82) is 0 Å². The van der Waals surface area contributed by atoms with Crippen molar-refractivity contribution in [1.82, 2.24) is 20.0 Å². The van der Waals surface area contributed by atoms with Gasteiger partial charge in [0.15, 0.2) is 5.82 Å². The molecular formula is C17H13Cl2N5O2. The summed E-state index contributed by atoms with van der Waals surface area (Å²) in [6.45, 7) is 1.84. The molecule has 3 heterocycles. The Morgan fingerprint density at radius 1 is 1.12 bits per heavy atom. The summed E-state index contributed by atoms with van der Waals surface area (Å²) in [7, 11) is 0. The topological polar surface area (TPSA) is 92.7 Å². The minimum absolute atomic E-state index is 0.177. The highest BCUT2D eigenvalue weighted by Crippen LogP contribution is 2.44. The Morgan fingerprint density at radius 3 is 2.50 bits per heavy atom. The molecule has 2 aromatic heterocycles. The van der Waals surface area contributed by atoms with Crippen molar-refractivity contribution in [2.24, 2.45) is 0 Å². The highest BCUT2D eigenvalue weighted by atomic mass is 35.5. The third-order valence-electron chi connectivity index (χ3n) is 4.33. The number of nitrogens with zero attached hydrogens (tertiary/aromatic N) is 3. The Kier molecular flexibility index (Phi) is 4.05. The number of fused-ring (bicyclic) bond motifs is 1. The van der Waals surface area contributed by atoms with E-state index in [0.29, 0.717) is 32.9 Å². The molecule has 4 rings (SSSR count). The average molecular weight is 390 g/mol. The molecule has 132 valence electrons. The van der Waals surface area contributed by atoms with Crippen LogP contribution in [0, 0.1) is 6.92 Å². The van der Waals surface area contributed by atoms with Crippen LogP contribution in [0.1, 0.15) is 29.2 Å². The molecule has 0 radical (unpaired) electrons. The zero-order chi connectivity index (χ0) is 18.4. The lowest BCUT2D eigenvalue weighted by Crippen LogP contribution is -2.25. The molecule has 1 aromatic carbocycles. The molecule has 0 aliphatic carbocycles. The number of aromatic amines is 1. The van der Waals surface area contributed by atoms with Crippen LogP contribution in [-0.4, -0.2) is 25.9 Å². The molecule has 0 bridgehead atoms. The number of benzene rings is 1. The molecule has 0 spiro atoms. The number of carbonyl (C=O) groups is 1. The fourth-order valence-corrected chi connectivity index (χ4v) is 3.92.